The monoisotopic (exact) mass is 280 g/mol. The summed E-state index contributed by atoms with van der Waals surface area (Å²) in [5.41, 5.74) is 0. The van der Waals surface area contributed by atoms with Crippen LogP contribution in [-0.4, -0.2) is 57.6 Å². The van der Waals surface area contributed by atoms with E-state index in [1.54, 1.807) is 0 Å². The average molecular weight is 280 g/mol. The van der Waals surface area contributed by atoms with Crippen LogP contribution < -0.4 is 0 Å². The first-order valence-electron chi connectivity index (χ1n) is 8.31. The van der Waals surface area contributed by atoms with E-state index >= 15 is 0 Å². The van der Waals surface area contributed by atoms with Crippen molar-refractivity contribution in [2.45, 2.75) is 89.1 Å². The second kappa shape index (κ2) is 5.64. The van der Waals surface area contributed by atoms with Gasteiger partial charge in [0.25, 0.3) is 0 Å². The molecule has 3 aliphatic heterocycles. The largest absolute Gasteiger partial charge is 0.393 e. The molecule has 3 saturated heterocycles. The van der Waals surface area contributed by atoms with Crippen LogP contribution in [0, 0.1) is 0 Å². The van der Waals surface area contributed by atoms with Gasteiger partial charge in [0.15, 0.2) is 0 Å². The lowest BCUT2D eigenvalue weighted by Gasteiger charge is -2.42. The lowest BCUT2D eigenvalue weighted by molar-refractivity contribution is -0.140. The van der Waals surface area contributed by atoms with E-state index in [0.717, 1.165) is 38.5 Å². The van der Waals surface area contributed by atoms with Gasteiger partial charge in [-0.25, -0.2) is 0 Å². The lowest BCUT2D eigenvalue weighted by Crippen LogP contribution is -2.54. The number of rotatable bonds is 2. The van der Waals surface area contributed by atoms with Crippen LogP contribution in [0.5, 0.6) is 0 Å². The summed E-state index contributed by atoms with van der Waals surface area (Å²) >= 11 is 0. The van der Waals surface area contributed by atoms with Gasteiger partial charge in [0.05, 0.1) is 12.6 Å². The Morgan fingerprint density at radius 1 is 1.05 bits per heavy atom. The summed E-state index contributed by atoms with van der Waals surface area (Å²) in [5.74, 6) is 0.304. The molecule has 0 radical (unpaired) electrons. The highest BCUT2D eigenvalue weighted by Gasteiger charge is 2.42. The third-order valence-corrected chi connectivity index (χ3v) is 5.66. The molecule has 0 spiro atoms. The number of aliphatic hydroxyl groups is 1. The van der Waals surface area contributed by atoms with Crippen molar-refractivity contribution in [2.24, 2.45) is 0 Å². The Balaban J connectivity index is 1.64. The molecule has 4 nitrogen and oxygen atoms in total. The van der Waals surface area contributed by atoms with Crippen molar-refractivity contribution in [3.05, 3.63) is 0 Å². The molecule has 1 amide bonds. The van der Waals surface area contributed by atoms with Gasteiger partial charge in [-0.1, -0.05) is 0 Å². The maximum atomic E-state index is 12.7. The Morgan fingerprint density at radius 2 is 1.60 bits per heavy atom. The molecule has 4 heteroatoms. The van der Waals surface area contributed by atoms with Gasteiger partial charge in [-0.15, -0.1) is 0 Å². The molecule has 0 aromatic rings. The molecule has 0 aromatic heterocycles. The van der Waals surface area contributed by atoms with Crippen LogP contribution in [0.4, 0.5) is 0 Å². The highest BCUT2D eigenvalue weighted by molar-refractivity contribution is 5.79. The zero-order chi connectivity index (χ0) is 14.3. The fourth-order valence-electron chi connectivity index (χ4n) is 4.65. The van der Waals surface area contributed by atoms with E-state index in [1.807, 2.05) is 0 Å². The summed E-state index contributed by atoms with van der Waals surface area (Å²) in [7, 11) is 0. The Labute approximate surface area is 122 Å². The summed E-state index contributed by atoms with van der Waals surface area (Å²) in [6.45, 7) is 4.93. The standard InChI is InChI=1S/C16H28N2O2/c1-11-4-3-5-12(2)18(11)16(20)10-17-13-6-7-14(17)9-15(19)8-13/h11-15,19H,3-10H2,1-2H3. The minimum atomic E-state index is -0.147. The molecule has 3 heterocycles. The number of hydrogen-bond acceptors (Lipinski definition) is 3. The van der Waals surface area contributed by atoms with Crippen LogP contribution in [-0.2, 0) is 4.79 Å². The van der Waals surface area contributed by atoms with Crippen LogP contribution in [0.25, 0.3) is 0 Å². The van der Waals surface area contributed by atoms with Gasteiger partial charge in [-0.3, -0.25) is 9.69 Å². The average Bonchev–Trinajstić information content (AvgIpc) is 2.62. The van der Waals surface area contributed by atoms with Crippen molar-refractivity contribution < 1.29 is 9.90 Å². The molecule has 2 bridgehead atoms. The zero-order valence-corrected chi connectivity index (χ0v) is 12.8. The molecule has 20 heavy (non-hydrogen) atoms. The van der Waals surface area contributed by atoms with E-state index < -0.39 is 0 Å². The van der Waals surface area contributed by atoms with Gasteiger partial charge >= 0.3 is 0 Å². The third kappa shape index (κ3) is 2.60. The molecule has 0 aromatic carbocycles. The van der Waals surface area contributed by atoms with Crippen LogP contribution in [0.15, 0.2) is 0 Å². The molecular formula is C16H28N2O2. The number of amides is 1. The Bertz CT molecular complexity index is 349. The summed E-state index contributed by atoms with van der Waals surface area (Å²) in [6.07, 6.45) is 7.40. The van der Waals surface area contributed by atoms with Crippen molar-refractivity contribution in [3.8, 4) is 0 Å². The molecular weight excluding hydrogens is 252 g/mol. The number of piperidine rings is 2. The number of hydrogen-bond donors (Lipinski definition) is 1. The topological polar surface area (TPSA) is 43.8 Å². The van der Waals surface area contributed by atoms with Crippen LogP contribution >= 0.6 is 0 Å². The zero-order valence-electron chi connectivity index (χ0n) is 12.8. The van der Waals surface area contributed by atoms with E-state index in [-0.39, 0.29) is 6.10 Å². The van der Waals surface area contributed by atoms with Gasteiger partial charge in [-0.05, 0) is 58.8 Å². The number of carbonyl (C=O) groups is 1. The Morgan fingerprint density at radius 3 is 2.15 bits per heavy atom. The summed E-state index contributed by atoms with van der Waals surface area (Å²) in [5, 5.41) is 9.85. The number of aliphatic hydroxyl groups excluding tert-OH is 1. The van der Waals surface area contributed by atoms with Crippen LogP contribution in [0.3, 0.4) is 0 Å². The second-order valence-electron chi connectivity index (χ2n) is 7.11. The van der Waals surface area contributed by atoms with Crippen LogP contribution in [0.2, 0.25) is 0 Å². The quantitative estimate of drug-likeness (QED) is 0.838. The molecule has 1 N–H and O–H groups in total. The van der Waals surface area contributed by atoms with Crippen molar-refractivity contribution in [3.63, 3.8) is 0 Å². The first kappa shape index (κ1) is 14.3. The Kier molecular flexibility index (Phi) is 4.04. The van der Waals surface area contributed by atoms with Gasteiger partial charge in [0.2, 0.25) is 5.91 Å². The molecule has 0 aliphatic carbocycles. The smallest absolute Gasteiger partial charge is 0.237 e. The van der Waals surface area contributed by atoms with Crippen molar-refractivity contribution in [1.82, 2.24) is 9.80 Å². The van der Waals surface area contributed by atoms with E-state index in [0.29, 0.717) is 36.6 Å². The molecule has 3 rings (SSSR count). The van der Waals surface area contributed by atoms with Crippen LogP contribution in [0.1, 0.15) is 58.8 Å². The van der Waals surface area contributed by atoms with Gasteiger partial charge in [0.1, 0.15) is 0 Å². The Hall–Kier alpha value is -0.610. The minimum Gasteiger partial charge on any atom is -0.393 e. The van der Waals surface area contributed by atoms with Gasteiger partial charge in [0, 0.05) is 24.2 Å². The maximum Gasteiger partial charge on any atom is 0.237 e. The molecule has 4 atom stereocenters. The molecule has 4 unspecified atom stereocenters. The first-order valence-corrected chi connectivity index (χ1v) is 8.31. The predicted molar refractivity (Wildman–Crippen MR) is 78.4 cm³/mol. The van der Waals surface area contributed by atoms with Gasteiger partial charge in [-0.2, -0.15) is 0 Å². The first-order chi connectivity index (χ1) is 9.56. The predicted octanol–water partition coefficient (Wildman–Crippen LogP) is 1.76. The SMILES string of the molecule is CC1CCCC(C)N1C(=O)CN1C2CCC1CC(O)C2. The van der Waals surface area contributed by atoms with Crippen molar-refractivity contribution >= 4 is 5.91 Å². The van der Waals surface area contributed by atoms with Crippen molar-refractivity contribution in [2.75, 3.05) is 6.54 Å². The molecule has 3 aliphatic rings. The van der Waals surface area contributed by atoms with Gasteiger partial charge < -0.3 is 10.0 Å². The number of likely N-dealkylation sites (tertiary alicyclic amines) is 1. The summed E-state index contributed by atoms with van der Waals surface area (Å²) < 4.78 is 0. The molecule has 114 valence electrons. The second-order valence-corrected chi connectivity index (χ2v) is 7.11. The van der Waals surface area contributed by atoms with E-state index in [1.165, 1.54) is 6.42 Å². The molecule has 0 saturated carbocycles. The number of fused-ring (bicyclic) bond motifs is 2. The number of nitrogens with zero attached hydrogens (tertiary/aromatic N) is 2. The third-order valence-electron chi connectivity index (χ3n) is 5.66. The summed E-state index contributed by atoms with van der Waals surface area (Å²) in [6, 6.07) is 1.64. The minimum absolute atomic E-state index is 0.147. The fraction of sp³-hybridized carbons (Fsp3) is 0.938. The molecule has 3 fully saturated rings. The van der Waals surface area contributed by atoms with E-state index in [9.17, 15) is 9.90 Å². The maximum absolute atomic E-state index is 12.7. The van der Waals surface area contributed by atoms with E-state index in [4.69, 9.17) is 0 Å². The summed E-state index contributed by atoms with van der Waals surface area (Å²) in [4.78, 5) is 17.2. The highest BCUT2D eigenvalue weighted by Crippen LogP contribution is 2.36. The number of carbonyl (C=O) groups excluding carboxylic acids is 1. The highest BCUT2D eigenvalue weighted by atomic mass is 16.3. The van der Waals surface area contributed by atoms with E-state index in [2.05, 4.69) is 23.6 Å². The van der Waals surface area contributed by atoms with Crippen molar-refractivity contribution in [1.29, 1.82) is 0 Å². The normalized spacial score (nSPS) is 42.0. The fourth-order valence-corrected chi connectivity index (χ4v) is 4.65. The lowest BCUT2D eigenvalue weighted by atomic mass is 9.96.